The Kier molecular flexibility index (Phi) is 2.79. The number of likely N-dealkylation sites (N-methyl/N-ethyl adjacent to an activating group) is 1. The van der Waals surface area contributed by atoms with Gasteiger partial charge in [-0.1, -0.05) is 0 Å². The van der Waals surface area contributed by atoms with E-state index in [1.54, 1.807) is 11.8 Å². The first-order valence-electron chi connectivity index (χ1n) is 4.43. The Bertz CT molecular complexity index is 402. The van der Waals surface area contributed by atoms with Crippen LogP contribution in [-0.2, 0) is 0 Å². The molecule has 6 heteroatoms. The van der Waals surface area contributed by atoms with Gasteiger partial charge in [0.15, 0.2) is 10.6 Å². The first kappa shape index (κ1) is 10.6. The van der Waals surface area contributed by atoms with E-state index in [0.29, 0.717) is 17.2 Å². The van der Waals surface area contributed by atoms with E-state index in [0.717, 1.165) is 16.4 Å². The normalized spacial score (nSPS) is 14.7. The zero-order chi connectivity index (χ0) is 11.0. The summed E-state index contributed by atoms with van der Waals surface area (Å²) in [6, 6.07) is 0. The van der Waals surface area contributed by atoms with Crippen LogP contribution in [0, 0.1) is 0 Å². The third-order valence-electron chi connectivity index (χ3n) is 2.24. The predicted octanol–water partition coefficient (Wildman–Crippen LogP) is 2.00. The fourth-order valence-corrected chi connectivity index (χ4v) is 3.42. The third-order valence-corrected chi connectivity index (χ3v) is 4.50. The Morgan fingerprint density at radius 2 is 2.40 bits per heavy atom. The molecule has 0 aliphatic carbocycles. The monoisotopic (exact) mass is 245 g/mol. The molecule has 0 fully saturated rings. The molecule has 1 N–H and O–H groups in total. The number of hydrogen-bond donors (Lipinski definition) is 1. The predicted molar refractivity (Wildman–Crippen MR) is 61.8 cm³/mol. The summed E-state index contributed by atoms with van der Waals surface area (Å²) in [4.78, 5) is 13.4. The average molecular weight is 245 g/mol. The second-order valence-electron chi connectivity index (χ2n) is 3.18. The SMILES string of the molecule is CSc1sc(C(=O)O)c2c1N(C)CCO2. The zero-order valence-corrected chi connectivity index (χ0v) is 10.1. The molecule has 82 valence electrons. The Labute approximate surface area is 95.8 Å². The molecule has 0 bridgehead atoms. The van der Waals surface area contributed by atoms with E-state index in [9.17, 15) is 4.79 Å². The summed E-state index contributed by atoms with van der Waals surface area (Å²) < 4.78 is 6.45. The lowest BCUT2D eigenvalue weighted by Gasteiger charge is -2.26. The minimum Gasteiger partial charge on any atom is -0.488 e. The number of carboxylic acids is 1. The van der Waals surface area contributed by atoms with Crippen LogP contribution >= 0.6 is 23.1 Å². The molecule has 2 heterocycles. The summed E-state index contributed by atoms with van der Waals surface area (Å²) in [6.45, 7) is 1.35. The van der Waals surface area contributed by atoms with Gasteiger partial charge in [0.1, 0.15) is 12.3 Å². The highest BCUT2D eigenvalue weighted by molar-refractivity contribution is 8.00. The maximum absolute atomic E-state index is 11.0. The number of fused-ring (bicyclic) bond motifs is 1. The van der Waals surface area contributed by atoms with Crippen molar-refractivity contribution < 1.29 is 14.6 Å². The quantitative estimate of drug-likeness (QED) is 0.808. The van der Waals surface area contributed by atoms with Crippen LogP contribution in [-0.4, -0.2) is 37.5 Å². The van der Waals surface area contributed by atoms with Crippen LogP contribution in [0.2, 0.25) is 0 Å². The van der Waals surface area contributed by atoms with Crippen molar-refractivity contribution in [2.24, 2.45) is 0 Å². The molecule has 4 nitrogen and oxygen atoms in total. The Morgan fingerprint density at radius 1 is 1.67 bits per heavy atom. The Morgan fingerprint density at radius 3 is 3.00 bits per heavy atom. The number of hydrogen-bond acceptors (Lipinski definition) is 5. The van der Waals surface area contributed by atoms with Crippen molar-refractivity contribution in [2.45, 2.75) is 4.21 Å². The molecule has 0 unspecified atom stereocenters. The Balaban J connectivity index is 2.57. The second-order valence-corrected chi connectivity index (χ2v) is 5.27. The standard InChI is InChI=1S/C9H11NO3S2/c1-10-3-4-13-6-5(10)9(14-2)15-7(6)8(11)12/h3-4H2,1-2H3,(H,11,12). The van der Waals surface area contributed by atoms with Crippen LogP contribution in [0.15, 0.2) is 4.21 Å². The van der Waals surface area contributed by atoms with Crippen molar-refractivity contribution in [3.8, 4) is 5.75 Å². The summed E-state index contributed by atoms with van der Waals surface area (Å²) in [5.74, 6) is -0.377. The minimum absolute atomic E-state index is 0.306. The maximum atomic E-state index is 11.0. The van der Waals surface area contributed by atoms with Gasteiger partial charge in [-0.25, -0.2) is 4.79 Å². The lowest BCUT2D eigenvalue weighted by atomic mass is 10.3. The van der Waals surface area contributed by atoms with Crippen LogP contribution in [0.3, 0.4) is 0 Å². The van der Waals surface area contributed by atoms with E-state index in [2.05, 4.69) is 0 Å². The smallest absolute Gasteiger partial charge is 0.349 e. The highest BCUT2D eigenvalue weighted by atomic mass is 32.2. The number of thioether (sulfide) groups is 1. The Hall–Kier alpha value is -0.880. The number of nitrogens with zero attached hydrogens (tertiary/aromatic N) is 1. The van der Waals surface area contributed by atoms with Crippen molar-refractivity contribution >= 4 is 34.8 Å². The van der Waals surface area contributed by atoms with Gasteiger partial charge in [0.25, 0.3) is 0 Å². The molecule has 0 radical (unpaired) electrons. The number of ether oxygens (including phenoxy) is 1. The molecular weight excluding hydrogens is 234 g/mol. The van der Waals surface area contributed by atoms with Gasteiger partial charge in [0, 0.05) is 7.05 Å². The van der Waals surface area contributed by atoms with Gasteiger partial charge >= 0.3 is 5.97 Å². The van der Waals surface area contributed by atoms with Gasteiger partial charge in [-0.05, 0) is 6.26 Å². The van der Waals surface area contributed by atoms with E-state index in [4.69, 9.17) is 9.84 Å². The molecule has 1 aliphatic rings. The molecule has 0 saturated heterocycles. The summed E-state index contributed by atoms with van der Waals surface area (Å²) in [5.41, 5.74) is 0.927. The van der Waals surface area contributed by atoms with E-state index in [-0.39, 0.29) is 0 Å². The number of carbonyl (C=O) groups is 1. The number of thiophene rings is 1. The van der Waals surface area contributed by atoms with Gasteiger partial charge < -0.3 is 14.7 Å². The molecule has 0 saturated carbocycles. The van der Waals surface area contributed by atoms with Crippen LogP contribution < -0.4 is 9.64 Å². The number of anilines is 1. The van der Waals surface area contributed by atoms with Crippen LogP contribution in [0.25, 0.3) is 0 Å². The van der Waals surface area contributed by atoms with E-state index in [1.165, 1.54) is 11.3 Å². The summed E-state index contributed by atoms with van der Waals surface area (Å²) in [6.07, 6.45) is 1.94. The molecule has 0 atom stereocenters. The largest absolute Gasteiger partial charge is 0.488 e. The number of rotatable bonds is 2. The maximum Gasteiger partial charge on any atom is 0.349 e. The van der Waals surface area contributed by atoms with Crippen LogP contribution in [0.1, 0.15) is 9.67 Å². The van der Waals surface area contributed by atoms with Gasteiger partial charge in [-0.15, -0.1) is 23.1 Å². The van der Waals surface area contributed by atoms with Gasteiger partial charge in [0.05, 0.1) is 10.8 Å². The number of carboxylic acid groups (broad SMARTS) is 1. The van der Waals surface area contributed by atoms with E-state index < -0.39 is 5.97 Å². The molecule has 2 rings (SSSR count). The van der Waals surface area contributed by atoms with Crippen LogP contribution in [0.4, 0.5) is 5.69 Å². The zero-order valence-electron chi connectivity index (χ0n) is 8.44. The summed E-state index contributed by atoms with van der Waals surface area (Å²) in [7, 11) is 1.96. The second kappa shape index (κ2) is 3.94. The van der Waals surface area contributed by atoms with Gasteiger partial charge in [-0.3, -0.25) is 0 Å². The molecule has 15 heavy (non-hydrogen) atoms. The van der Waals surface area contributed by atoms with Crippen molar-refractivity contribution in [2.75, 3.05) is 31.4 Å². The van der Waals surface area contributed by atoms with Crippen LogP contribution in [0.5, 0.6) is 5.75 Å². The lowest BCUT2D eigenvalue weighted by molar-refractivity contribution is 0.0698. The molecule has 1 aromatic rings. The highest BCUT2D eigenvalue weighted by Gasteiger charge is 2.28. The van der Waals surface area contributed by atoms with Gasteiger partial charge in [-0.2, -0.15) is 0 Å². The van der Waals surface area contributed by atoms with Crippen molar-refractivity contribution in [3.05, 3.63) is 4.88 Å². The van der Waals surface area contributed by atoms with Crippen molar-refractivity contribution in [1.82, 2.24) is 0 Å². The van der Waals surface area contributed by atoms with Crippen molar-refractivity contribution in [3.63, 3.8) is 0 Å². The fraction of sp³-hybridized carbons (Fsp3) is 0.444. The summed E-state index contributed by atoms with van der Waals surface area (Å²) in [5, 5.41) is 9.04. The van der Waals surface area contributed by atoms with Gasteiger partial charge in [0.2, 0.25) is 0 Å². The van der Waals surface area contributed by atoms with E-state index >= 15 is 0 Å². The fourth-order valence-electron chi connectivity index (χ4n) is 1.53. The molecular formula is C9H11NO3S2. The first-order valence-corrected chi connectivity index (χ1v) is 6.47. The number of aromatic carboxylic acids is 1. The minimum atomic E-state index is -0.910. The molecule has 1 aliphatic heterocycles. The first-order chi connectivity index (χ1) is 7.15. The highest BCUT2D eigenvalue weighted by Crippen LogP contribution is 2.47. The lowest BCUT2D eigenvalue weighted by Crippen LogP contribution is -2.28. The van der Waals surface area contributed by atoms with Crippen molar-refractivity contribution in [1.29, 1.82) is 0 Å². The molecule has 0 amide bonds. The third kappa shape index (κ3) is 1.68. The topological polar surface area (TPSA) is 49.8 Å². The average Bonchev–Trinajstić information content (AvgIpc) is 2.58. The summed E-state index contributed by atoms with van der Waals surface area (Å²) >= 11 is 2.84. The van der Waals surface area contributed by atoms with E-state index in [1.807, 2.05) is 18.2 Å². The molecule has 0 aromatic carbocycles. The molecule has 1 aromatic heterocycles. The molecule has 0 spiro atoms.